The van der Waals surface area contributed by atoms with Crippen molar-refractivity contribution in [2.24, 2.45) is 7.05 Å². The summed E-state index contributed by atoms with van der Waals surface area (Å²) in [5.41, 5.74) is 0.799. The maximum absolute atomic E-state index is 12.5. The van der Waals surface area contributed by atoms with Gasteiger partial charge in [-0.15, -0.1) is 0 Å². The molecule has 3 aliphatic heterocycles. The summed E-state index contributed by atoms with van der Waals surface area (Å²) in [7, 11) is 1.87. The normalized spacial score (nSPS) is 24.1. The molecule has 0 radical (unpaired) electrons. The van der Waals surface area contributed by atoms with Crippen molar-refractivity contribution in [1.82, 2.24) is 19.7 Å². The van der Waals surface area contributed by atoms with Crippen LogP contribution in [0.1, 0.15) is 44.9 Å². The molecule has 0 aromatic carbocycles. The lowest BCUT2D eigenvalue weighted by atomic mass is 9.89. The van der Waals surface area contributed by atoms with Crippen LogP contribution in [0.3, 0.4) is 0 Å². The standard InChI is InChI=1S/C26H36N6O3/c1-29-12-9-23(28-29)32-19-26(34-18-25(32)33)10-15-31(16-11-26)21-5-6-24(27-17-21)35-22-7-13-30(14-8-22)20-3-2-4-20/h5-6,9,12,17,20,22H,2-4,7-8,10-11,13-16,18-19H2,1H3. The summed E-state index contributed by atoms with van der Waals surface area (Å²) < 4.78 is 14.0. The molecule has 188 valence electrons. The van der Waals surface area contributed by atoms with E-state index < -0.39 is 0 Å². The predicted octanol–water partition coefficient (Wildman–Crippen LogP) is 2.61. The molecule has 9 nitrogen and oxygen atoms in total. The molecule has 0 atom stereocenters. The fourth-order valence-electron chi connectivity index (χ4n) is 5.86. The molecular weight excluding hydrogens is 444 g/mol. The first-order chi connectivity index (χ1) is 17.1. The van der Waals surface area contributed by atoms with Crippen molar-refractivity contribution >= 4 is 17.4 Å². The zero-order chi connectivity index (χ0) is 23.8. The summed E-state index contributed by atoms with van der Waals surface area (Å²) in [6.07, 6.45) is 12.1. The second kappa shape index (κ2) is 9.43. The van der Waals surface area contributed by atoms with Gasteiger partial charge >= 0.3 is 0 Å². The van der Waals surface area contributed by atoms with Crippen LogP contribution >= 0.6 is 0 Å². The van der Waals surface area contributed by atoms with Crippen molar-refractivity contribution in [3.63, 3.8) is 0 Å². The van der Waals surface area contributed by atoms with E-state index in [-0.39, 0.29) is 24.2 Å². The van der Waals surface area contributed by atoms with Gasteiger partial charge in [0.15, 0.2) is 5.82 Å². The Hall–Kier alpha value is -2.65. The Morgan fingerprint density at radius 1 is 1.06 bits per heavy atom. The number of pyridine rings is 1. The van der Waals surface area contributed by atoms with Crippen LogP contribution in [0.25, 0.3) is 0 Å². The van der Waals surface area contributed by atoms with Crippen LogP contribution in [0.2, 0.25) is 0 Å². The second-order valence-corrected chi connectivity index (χ2v) is 10.6. The number of rotatable bonds is 5. The number of aromatic nitrogens is 3. The molecule has 3 saturated heterocycles. The number of nitrogens with zero attached hydrogens (tertiary/aromatic N) is 6. The fourth-order valence-corrected chi connectivity index (χ4v) is 5.86. The van der Waals surface area contributed by atoms with E-state index in [4.69, 9.17) is 9.47 Å². The number of ether oxygens (including phenoxy) is 2. The molecule has 9 heteroatoms. The first-order valence-corrected chi connectivity index (χ1v) is 13.1. The van der Waals surface area contributed by atoms with Crippen LogP contribution in [0.15, 0.2) is 30.6 Å². The number of anilines is 2. The average molecular weight is 481 g/mol. The molecule has 0 N–H and O–H groups in total. The van der Waals surface area contributed by atoms with Crippen LogP contribution in [-0.2, 0) is 16.6 Å². The second-order valence-electron chi connectivity index (χ2n) is 10.6. The lowest BCUT2D eigenvalue weighted by molar-refractivity contribution is -0.141. The number of carbonyl (C=O) groups excluding carboxylic acids is 1. The van der Waals surface area contributed by atoms with E-state index in [1.54, 1.807) is 9.58 Å². The number of amides is 1. The molecule has 1 spiro atoms. The Bertz CT molecular complexity index is 1020. The third kappa shape index (κ3) is 4.76. The average Bonchev–Trinajstić information content (AvgIpc) is 3.28. The summed E-state index contributed by atoms with van der Waals surface area (Å²) >= 11 is 0. The van der Waals surface area contributed by atoms with Gasteiger partial charge in [0.05, 0.1) is 24.0 Å². The summed E-state index contributed by atoms with van der Waals surface area (Å²) in [6.45, 7) is 4.70. The first-order valence-electron chi connectivity index (χ1n) is 13.1. The lowest BCUT2D eigenvalue weighted by Gasteiger charge is -2.46. The van der Waals surface area contributed by atoms with E-state index in [0.717, 1.165) is 69.5 Å². The molecule has 4 fully saturated rings. The zero-order valence-corrected chi connectivity index (χ0v) is 20.6. The van der Waals surface area contributed by atoms with E-state index in [0.29, 0.717) is 12.4 Å². The summed E-state index contributed by atoms with van der Waals surface area (Å²) in [6, 6.07) is 6.85. The quantitative estimate of drug-likeness (QED) is 0.651. The van der Waals surface area contributed by atoms with Crippen molar-refractivity contribution in [1.29, 1.82) is 0 Å². The van der Waals surface area contributed by atoms with Crippen LogP contribution in [0.5, 0.6) is 5.88 Å². The minimum absolute atomic E-state index is 0.0229. The maximum atomic E-state index is 12.5. The van der Waals surface area contributed by atoms with Crippen molar-refractivity contribution in [3.05, 3.63) is 30.6 Å². The Morgan fingerprint density at radius 3 is 2.49 bits per heavy atom. The van der Waals surface area contributed by atoms with Gasteiger partial charge in [-0.05, 0) is 44.6 Å². The van der Waals surface area contributed by atoms with Crippen LogP contribution in [0, 0.1) is 0 Å². The number of hydrogen-bond donors (Lipinski definition) is 0. The van der Waals surface area contributed by atoms with Gasteiger partial charge in [0.1, 0.15) is 12.7 Å². The monoisotopic (exact) mass is 480 g/mol. The molecule has 0 bridgehead atoms. The number of morpholine rings is 1. The number of aryl methyl sites for hydroxylation is 1. The molecule has 2 aromatic heterocycles. The third-order valence-electron chi connectivity index (χ3n) is 8.34. The van der Waals surface area contributed by atoms with Crippen molar-refractivity contribution in [2.45, 2.75) is 62.7 Å². The molecule has 35 heavy (non-hydrogen) atoms. The maximum Gasteiger partial charge on any atom is 0.254 e. The fraction of sp³-hybridized carbons (Fsp3) is 0.654. The van der Waals surface area contributed by atoms with Gasteiger partial charge in [-0.1, -0.05) is 6.42 Å². The Balaban J connectivity index is 1.01. The highest BCUT2D eigenvalue weighted by atomic mass is 16.5. The minimum Gasteiger partial charge on any atom is -0.474 e. The molecule has 6 rings (SSSR count). The molecule has 2 aromatic rings. The van der Waals surface area contributed by atoms with Crippen LogP contribution in [0.4, 0.5) is 11.5 Å². The summed E-state index contributed by atoms with van der Waals surface area (Å²) in [5.74, 6) is 1.41. The molecule has 0 unspecified atom stereocenters. The van der Waals surface area contributed by atoms with Gasteiger partial charge in [-0.2, -0.15) is 5.10 Å². The zero-order valence-electron chi connectivity index (χ0n) is 20.6. The van der Waals surface area contributed by atoms with Crippen LogP contribution in [-0.4, -0.2) is 82.6 Å². The molecule has 1 saturated carbocycles. The Morgan fingerprint density at radius 2 is 1.86 bits per heavy atom. The highest BCUT2D eigenvalue weighted by Crippen LogP contribution is 2.34. The minimum atomic E-state index is -0.313. The van der Waals surface area contributed by atoms with E-state index in [9.17, 15) is 4.79 Å². The number of piperidine rings is 2. The molecular formula is C26H36N6O3. The Kier molecular flexibility index (Phi) is 6.14. The van der Waals surface area contributed by atoms with Crippen molar-refractivity contribution in [3.8, 4) is 5.88 Å². The summed E-state index contributed by atoms with van der Waals surface area (Å²) in [5, 5.41) is 4.43. The van der Waals surface area contributed by atoms with E-state index in [1.807, 2.05) is 31.6 Å². The first kappa shape index (κ1) is 22.8. The van der Waals surface area contributed by atoms with Gasteiger partial charge in [0.25, 0.3) is 5.91 Å². The number of hydrogen-bond acceptors (Lipinski definition) is 7. The van der Waals surface area contributed by atoms with E-state index in [2.05, 4.69) is 25.9 Å². The smallest absolute Gasteiger partial charge is 0.254 e. The van der Waals surface area contributed by atoms with E-state index >= 15 is 0 Å². The number of carbonyl (C=O) groups is 1. The molecule has 1 aliphatic carbocycles. The summed E-state index contributed by atoms with van der Waals surface area (Å²) in [4.78, 5) is 23.9. The largest absolute Gasteiger partial charge is 0.474 e. The highest BCUT2D eigenvalue weighted by Gasteiger charge is 2.43. The van der Waals surface area contributed by atoms with Crippen molar-refractivity contribution < 1.29 is 14.3 Å². The van der Waals surface area contributed by atoms with Gasteiger partial charge in [-0.3, -0.25) is 14.4 Å². The molecule has 4 aliphatic rings. The van der Waals surface area contributed by atoms with Gasteiger partial charge in [0.2, 0.25) is 5.88 Å². The predicted molar refractivity (Wildman–Crippen MR) is 133 cm³/mol. The highest BCUT2D eigenvalue weighted by molar-refractivity contribution is 5.94. The number of likely N-dealkylation sites (tertiary alicyclic amines) is 1. The third-order valence-corrected chi connectivity index (χ3v) is 8.34. The van der Waals surface area contributed by atoms with Gasteiger partial charge in [-0.25, -0.2) is 4.98 Å². The van der Waals surface area contributed by atoms with Gasteiger partial charge < -0.3 is 19.3 Å². The van der Waals surface area contributed by atoms with Gasteiger partial charge in [0, 0.05) is 57.6 Å². The molecule has 5 heterocycles. The SMILES string of the molecule is Cn1ccc(N2CC3(CCN(c4ccc(OC5CCN(C6CCC6)CC5)nc4)CC3)OCC2=O)n1. The van der Waals surface area contributed by atoms with Crippen molar-refractivity contribution in [2.75, 3.05) is 49.1 Å². The molecule has 1 amide bonds. The lowest BCUT2D eigenvalue weighted by Crippen LogP contribution is -2.59. The van der Waals surface area contributed by atoms with E-state index in [1.165, 1.54) is 19.3 Å². The topological polar surface area (TPSA) is 76.0 Å². The Labute approximate surface area is 207 Å². The van der Waals surface area contributed by atoms with Crippen LogP contribution < -0.4 is 14.5 Å².